The fraction of sp³-hybridized carbons (Fsp3) is 0.824. The molecule has 4 rings (SSSR count). The number of hydrogen-bond acceptors (Lipinski definition) is 5. The lowest BCUT2D eigenvalue weighted by atomic mass is 9.94. The van der Waals surface area contributed by atoms with Crippen molar-refractivity contribution in [2.75, 3.05) is 26.3 Å². The van der Waals surface area contributed by atoms with Crippen LogP contribution in [0.15, 0.2) is 4.52 Å². The predicted octanol–water partition coefficient (Wildman–Crippen LogP) is 2.15. The lowest BCUT2D eigenvalue weighted by Crippen LogP contribution is -2.41. The van der Waals surface area contributed by atoms with E-state index in [0.29, 0.717) is 23.7 Å². The van der Waals surface area contributed by atoms with Gasteiger partial charge in [-0.05, 0) is 44.4 Å². The quantitative estimate of drug-likeness (QED) is 0.850. The highest BCUT2D eigenvalue weighted by molar-refractivity contribution is 5.81. The van der Waals surface area contributed by atoms with Gasteiger partial charge in [-0.25, -0.2) is 0 Å². The number of carbonyl (C=O) groups excluding carboxylic acids is 1. The van der Waals surface area contributed by atoms with Gasteiger partial charge in [-0.15, -0.1) is 0 Å². The third-order valence-corrected chi connectivity index (χ3v) is 5.29. The fourth-order valence-corrected chi connectivity index (χ4v) is 3.74. The summed E-state index contributed by atoms with van der Waals surface area (Å²) >= 11 is 0. The van der Waals surface area contributed by atoms with Crippen molar-refractivity contribution in [1.29, 1.82) is 0 Å². The largest absolute Gasteiger partial charge is 0.381 e. The highest BCUT2D eigenvalue weighted by Gasteiger charge is 2.35. The van der Waals surface area contributed by atoms with E-state index < -0.39 is 0 Å². The smallest absolute Gasteiger partial charge is 0.226 e. The lowest BCUT2D eigenvalue weighted by molar-refractivity contribution is -0.134. The normalized spacial score (nSPS) is 26.4. The summed E-state index contributed by atoms with van der Waals surface area (Å²) in [6.45, 7) is 3.35. The summed E-state index contributed by atoms with van der Waals surface area (Å²) in [5.74, 6) is 3.08. The van der Waals surface area contributed by atoms with Crippen LogP contribution in [0.4, 0.5) is 0 Å². The highest BCUT2D eigenvalue weighted by Crippen LogP contribution is 2.33. The zero-order chi connectivity index (χ0) is 15.6. The second-order valence-corrected chi connectivity index (χ2v) is 7.20. The third-order valence-electron chi connectivity index (χ3n) is 5.29. The number of hydrogen-bond donors (Lipinski definition) is 0. The molecular formula is C17H25N3O3. The van der Waals surface area contributed by atoms with Gasteiger partial charge in [0.1, 0.15) is 0 Å². The first-order valence-corrected chi connectivity index (χ1v) is 8.98. The molecule has 6 heteroatoms. The van der Waals surface area contributed by atoms with Crippen molar-refractivity contribution in [3.05, 3.63) is 11.7 Å². The van der Waals surface area contributed by atoms with Gasteiger partial charge >= 0.3 is 0 Å². The number of likely N-dealkylation sites (tertiary alicyclic amines) is 1. The van der Waals surface area contributed by atoms with E-state index in [0.717, 1.165) is 83.0 Å². The molecule has 1 unspecified atom stereocenters. The maximum Gasteiger partial charge on any atom is 0.226 e. The number of amides is 1. The van der Waals surface area contributed by atoms with E-state index >= 15 is 0 Å². The Kier molecular flexibility index (Phi) is 4.33. The molecule has 0 radical (unpaired) electrons. The molecular weight excluding hydrogens is 294 g/mol. The van der Waals surface area contributed by atoms with Crippen molar-refractivity contribution in [2.45, 2.75) is 50.9 Å². The van der Waals surface area contributed by atoms with Gasteiger partial charge in [-0.1, -0.05) is 5.16 Å². The van der Waals surface area contributed by atoms with Crippen LogP contribution in [-0.2, 0) is 16.0 Å². The SMILES string of the molecule is O=C(C1CC1)N1CCCC(Cc2nc(C3CCOCC3)no2)C1. The van der Waals surface area contributed by atoms with E-state index in [-0.39, 0.29) is 0 Å². The van der Waals surface area contributed by atoms with Gasteiger partial charge in [-0.2, -0.15) is 4.98 Å². The average Bonchev–Trinajstić information content (AvgIpc) is 3.35. The van der Waals surface area contributed by atoms with E-state index in [1.807, 2.05) is 0 Å². The average molecular weight is 319 g/mol. The summed E-state index contributed by atoms with van der Waals surface area (Å²) in [5.41, 5.74) is 0. The van der Waals surface area contributed by atoms with E-state index in [1.165, 1.54) is 0 Å². The first-order chi connectivity index (χ1) is 11.3. The molecule has 3 fully saturated rings. The van der Waals surface area contributed by atoms with E-state index in [4.69, 9.17) is 9.26 Å². The van der Waals surface area contributed by atoms with E-state index in [1.54, 1.807) is 0 Å². The Hall–Kier alpha value is -1.43. The number of ether oxygens (including phenoxy) is 1. The van der Waals surface area contributed by atoms with Gasteiger partial charge in [0.2, 0.25) is 11.8 Å². The minimum absolute atomic E-state index is 0.317. The highest BCUT2D eigenvalue weighted by atomic mass is 16.5. The van der Waals surface area contributed by atoms with E-state index in [9.17, 15) is 4.79 Å². The molecule has 1 atom stereocenters. The minimum Gasteiger partial charge on any atom is -0.381 e. The molecule has 3 aliphatic rings. The Labute approximate surface area is 136 Å². The monoisotopic (exact) mass is 319 g/mol. The molecule has 1 amide bonds. The molecule has 0 aromatic carbocycles. The molecule has 2 aliphatic heterocycles. The fourth-order valence-electron chi connectivity index (χ4n) is 3.74. The molecule has 3 heterocycles. The minimum atomic E-state index is 0.317. The van der Waals surface area contributed by atoms with Gasteiger partial charge in [0, 0.05) is 44.6 Å². The Morgan fingerprint density at radius 2 is 2.00 bits per heavy atom. The number of nitrogens with zero attached hydrogens (tertiary/aromatic N) is 3. The molecule has 1 aliphatic carbocycles. The second kappa shape index (κ2) is 6.59. The van der Waals surface area contributed by atoms with Crippen LogP contribution in [0.1, 0.15) is 56.2 Å². The van der Waals surface area contributed by atoms with Gasteiger partial charge in [-0.3, -0.25) is 4.79 Å². The van der Waals surface area contributed by atoms with Crippen LogP contribution >= 0.6 is 0 Å². The molecule has 126 valence electrons. The van der Waals surface area contributed by atoms with Gasteiger partial charge in [0.05, 0.1) is 0 Å². The number of piperidine rings is 1. The van der Waals surface area contributed by atoms with Crippen LogP contribution < -0.4 is 0 Å². The van der Waals surface area contributed by atoms with Crippen LogP contribution in [0.5, 0.6) is 0 Å². The maximum absolute atomic E-state index is 12.2. The molecule has 0 bridgehead atoms. The first kappa shape index (κ1) is 15.1. The second-order valence-electron chi connectivity index (χ2n) is 7.20. The standard InChI is InChI=1S/C17H25N3O3/c21-17(14-3-4-14)20-7-1-2-12(11-20)10-15-18-16(19-23-15)13-5-8-22-9-6-13/h12-14H,1-11H2. The zero-order valence-electron chi connectivity index (χ0n) is 13.6. The first-order valence-electron chi connectivity index (χ1n) is 8.98. The zero-order valence-corrected chi connectivity index (χ0v) is 13.6. The van der Waals surface area contributed by atoms with Gasteiger partial charge in [0.15, 0.2) is 5.82 Å². The van der Waals surface area contributed by atoms with Crippen molar-refractivity contribution in [1.82, 2.24) is 15.0 Å². The molecule has 23 heavy (non-hydrogen) atoms. The van der Waals surface area contributed by atoms with Crippen LogP contribution in [0.3, 0.4) is 0 Å². The molecule has 1 saturated carbocycles. The summed E-state index contributed by atoms with van der Waals surface area (Å²) in [7, 11) is 0. The lowest BCUT2D eigenvalue weighted by Gasteiger charge is -2.32. The topological polar surface area (TPSA) is 68.5 Å². The van der Waals surface area contributed by atoms with Crippen LogP contribution in [0.2, 0.25) is 0 Å². The van der Waals surface area contributed by atoms with Crippen LogP contribution in [0, 0.1) is 11.8 Å². The van der Waals surface area contributed by atoms with Crippen molar-refractivity contribution in [3.8, 4) is 0 Å². The number of aromatic nitrogens is 2. The molecule has 1 aromatic heterocycles. The molecule has 2 saturated heterocycles. The molecule has 1 aromatic rings. The molecule has 0 spiro atoms. The van der Waals surface area contributed by atoms with Gasteiger partial charge < -0.3 is 14.2 Å². The Morgan fingerprint density at radius 1 is 1.17 bits per heavy atom. The van der Waals surface area contributed by atoms with Crippen molar-refractivity contribution in [2.24, 2.45) is 11.8 Å². The van der Waals surface area contributed by atoms with E-state index in [2.05, 4.69) is 15.0 Å². The summed E-state index contributed by atoms with van der Waals surface area (Å²) in [5, 5.41) is 4.18. The summed E-state index contributed by atoms with van der Waals surface area (Å²) < 4.78 is 10.9. The molecule has 0 N–H and O–H groups in total. The third kappa shape index (κ3) is 3.57. The maximum atomic E-state index is 12.2. The summed E-state index contributed by atoms with van der Waals surface area (Å²) in [6.07, 6.45) is 7.15. The Balaban J connectivity index is 1.34. The summed E-state index contributed by atoms with van der Waals surface area (Å²) in [6, 6.07) is 0. The number of carbonyl (C=O) groups is 1. The van der Waals surface area contributed by atoms with Crippen LogP contribution in [0.25, 0.3) is 0 Å². The van der Waals surface area contributed by atoms with Crippen molar-refractivity contribution in [3.63, 3.8) is 0 Å². The predicted molar refractivity (Wildman–Crippen MR) is 82.8 cm³/mol. The number of rotatable bonds is 4. The Morgan fingerprint density at radius 3 is 2.78 bits per heavy atom. The summed E-state index contributed by atoms with van der Waals surface area (Å²) in [4.78, 5) is 18.9. The van der Waals surface area contributed by atoms with Crippen LogP contribution in [-0.4, -0.2) is 47.3 Å². The van der Waals surface area contributed by atoms with Crippen molar-refractivity contribution >= 4 is 5.91 Å². The Bertz CT molecular complexity index is 549. The van der Waals surface area contributed by atoms with Gasteiger partial charge in [0.25, 0.3) is 0 Å². The van der Waals surface area contributed by atoms with Crippen molar-refractivity contribution < 1.29 is 14.1 Å². The molecule has 6 nitrogen and oxygen atoms in total.